The molecule has 0 aromatic heterocycles. The summed E-state index contributed by atoms with van der Waals surface area (Å²) in [7, 11) is 0. The summed E-state index contributed by atoms with van der Waals surface area (Å²) >= 11 is 0. The molecule has 0 spiro atoms. The largest absolute Gasteiger partial charge is 0.379 e. The van der Waals surface area contributed by atoms with E-state index >= 15 is 0 Å². The van der Waals surface area contributed by atoms with E-state index in [0.717, 1.165) is 58.8 Å². The summed E-state index contributed by atoms with van der Waals surface area (Å²) in [6, 6.07) is 10.8. The number of ether oxygens (including phenoxy) is 1. The van der Waals surface area contributed by atoms with Crippen molar-refractivity contribution in [3.63, 3.8) is 0 Å². The predicted octanol–water partition coefficient (Wildman–Crippen LogP) is 2.64. The van der Waals surface area contributed by atoms with Gasteiger partial charge in [-0.2, -0.15) is 0 Å². The van der Waals surface area contributed by atoms with Crippen LogP contribution in [-0.4, -0.2) is 56.8 Å². The van der Waals surface area contributed by atoms with Crippen molar-refractivity contribution in [1.29, 1.82) is 0 Å². The zero-order chi connectivity index (χ0) is 17.4. The van der Waals surface area contributed by atoms with Crippen molar-refractivity contribution in [1.82, 2.24) is 10.2 Å². The van der Waals surface area contributed by atoms with Crippen LogP contribution in [0.1, 0.15) is 31.2 Å². The molecule has 3 N–H and O–H groups in total. The second-order valence-electron chi connectivity index (χ2n) is 7.45. The molecule has 0 amide bonds. The van der Waals surface area contributed by atoms with Gasteiger partial charge in [-0.05, 0) is 43.2 Å². The van der Waals surface area contributed by atoms with Crippen molar-refractivity contribution in [3.05, 3.63) is 35.9 Å². The Morgan fingerprint density at radius 2 is 1.92 bits per heavy atom. The maximum atomic E-state index is 6.08. The van der Waals surface area contributed by atoms with Gasteiger partial charge in [-0.3, -0.25) is 9.89 Å². The Kier molecular flexibility index (Phi) is 9.15. The smallest absolute Gasteiger partial charge is 0.188 e. The molecule has 1 saturated carbocycles. The molecule has 1 aromatic rings. The summed E-state index contributed by atoms with van der Waals surface area (Å²) in [6.45, 7) is 6.64. The lowest BCUT2D eigenvalue weighted by atomic mass is 9.65. The van der Waals surface area contributed by atoms with Gasteiger partial charge in [-0.1, -0.05) is 36.8 Å². The fourth-order valence-electron chi connectivity index (χ4n) is 3.75. The van der Waals surface area contributed by atoms with Gasteiger partial charge >= 0.3 is 0 Å². The first-order valence-electron chi connectivity index (χ1n) is 9.64. The Morgan fingerprint density at radius 3 is 2.58 bits per heavy atom. The van der Waals surface area contributed by atoms with E-state index in [9.17, 15) is 0 Å². The van der Waals surface area contributed by atoms with Gasteiger partial charge in [0.2, 0.25) is 0 Å². The van der Waals surface area contributed by atoms with E-state index in [-0.39, 0.29) is 24.0 Å². The molecule has 1 saturated heterocycles. The molecule has 1 heterocycles. The summed E-state index contributed by atoms with van der Waals surface area (Å²) in [6.07, 6.45) is 6.04. The molecule has 2 aliphatic rings. The quantitative estimate of drug-likeness (QED) is 0.264. The van der Waals surface area contributed by atoms with E-state index in [4.69, 9.17) is 10.5 Å². The zero-order valence-corrected chi connectivity index (χ0v) is 18.0. The number of benzene rings is 1. The van der Waals surface area contributed by atoms with Gasteiger partial charge < -0.3 is 15.8 Å². The molecule has 2 fully saturated rings. The van der Waals surface area contributed by atoms with Crippen LogP contribution in [0.25, 0.3) is 0 Å². The first-order valence-corrected chi connectivity index (χ1v) is 9.64. The molecule has 26 heavy (non-hydrogen) atoms. The lowest BCUT2D eigenvalue weighted by Crippen LogP contribution is -2.40. The third-order valence-electron chi connectivity index (χ3n) is 5.48. The highest BCUT2D eigenvalue weighted by molar-refractivity contribution is 14.0. The second kappa shape index (κ2) is 11.1. The lowest BCUT2D eigenvalue weighted by molar-refractivity contribution is 0.0376. The normalized spacial score (nSPS) is 20.1. The number of nitrogens with one attached hydrogen (secondary N) is 1. The lowest BCUT2D eigenvalue weighted by Gasteiger charge is -2.41. The van der Waals surface area contributed by atoms with Crippen molar-refractivity contribution in [3.8, 4) is 0 Å². The van der Waals surface area contributed by atoms with Crippen molar-refractivity contribution < 1.29 is 4.74 Å². The molecule has 3 rings (SSSR count). The standard InChI is InChI=1S/C20H32N4O.HI/c21-19(22-10-5-11-24-12-14-25-15-13-24)23-17-20(8-4-9-20)16-18-6-2-1-3-7-18;/h1-3,6-7H,4-5,8-17H2,(H3,21,22,23);1H. The van der Waals surface area contributed by atoms with Crippen LogP contribution in [0.3, 0.4) is 0 Å². The van der Waals surface area contributed by atoms with Gasteiger partial charge in [0.1, 0.15) is 0 Å². The van der Waals surface area contributed by atoms with E-state index in [0.29, 0.717) is 11.4 Å². The van der Waals surface area contributed by atoms with Crippen molar-refractivity contribution in [2.75, 3.05) is 45.9 Å². The SMILES string of the molecule is I.NC(=NCC1(Cc2ccccc2)CCC1)NCCCN1CCOCC1. The number of morpholine rings is 1. The number of hydrogen-bond acceptors (Lipinski definition) is 3. The van der Waals surface area contributed by atoms with Gasteiger partial charge in [0, 0.05) is 26.2 Å². The van der Waals surface area contributed by atoms with Crippen LogP contribution in [0.4, 0.5) is 0 Å². The number of halogens is 1. The summed E-state index contributed by atoms with van der Waals surface area (Å²) in [5.74, 6) is 0.598. The number of nitrogens with two attached hydrogens (primary N) is 1. The van der Waals surface area contributed by atoms with E-state index in [1.807, 2.05) is 0 Å². The molecule has 0 atom stereocenters. The van der Waals surface area contributed by atoms with Gasteiger partial charge in [0.15, 0.2) is 5.96 Å². The third-order valence-corrected chi connectivity index (χ3v) is 5.48. The van der Waals surface area contributed by atoms with E-state index in [2.05, 4.69) is 45.5 Å². The van der Waals surface area contributed by atoms with Crippen LogP contribution in [0.15, 0.2) is 35.3 Å². The van der Waals surface area contributed by atoms with Crippen molar-refractivity contribution >= 4 is 29.9 Å². The minimum absolute atomic E-state index is 0. The monoisotopic (exact) mass is 472 g/mol. The summed E-state index contributed by atoms with van der Waals surface area (Å²) in [5.41, 5.74) is 7.81. The van der Waals surface area contributed by atoms with Crippen LogP contribution >= 0.6 is 24.0 Å². The Balaban J connectivity index is 0.00000243. The maximum Gasteiger partial charge on any atom is 0.188 e. The molecule has 0 radical (unpaired) electrons. The van der Waals surface area contributed by atoms with Gasteiger partial charge in [0.05, 0.1) is 13.2 Å². The van der Waals surface area contributed by atoms with Crippen LogP contribution in [-0.2, 0) is 11.2 Å². The Labute approximate surface area is 174 Å². The summed E-state index contributed by atoms with van der Waals surface area (Å²) in [4.78, 5) is 7.09. The third kappa shape index (κ3) is 6.70. The Hall–Kier alpha value is -0.860. The number of aliphatic imine (C=N–C) groups is 1. The fraction of sp³-hybridized carbons (Fsp3) is 0.650. The van der Waals surface area contributed by atoms with Gasteiger partial charge in [-0.25, -0.2) is 0 Å². The fourth-order valence-corrected chi connectivity index (χ4v) is 3.75. The minimum atomic E-state index is 0. The zero-order valence-electron chi connectivity index (χ0n) is 15.7. The topological polar surface area (TPSA) is 62.9 Å². The number of guanidine groups is 1. The number of hydrogen-bond donors (Lipinski definition) is 2. The van der Waals surface area contributed by atoms with E-state index in [1.54, 1.807) is 0 Å². The highest BCUT2D eigenvalue weighted by Gasteiger charge is 2.36. The molecule has 0 unspecified atom stereocenters. The second-order valence-corrected chi connectivity index (χ2v) is 7.45. The molecular formula is C20H33IN4O. The number of nitrogens with zero attached hydrogens (tertiary/aromatic N) is 2. The maximum absolute atomic E-state index is 6.08. The molecule has 6 heteroatoms. The van der Waals surface area contributed by atoms with Crippen molar-refractivity contribution in [2.45, 2.75) is 32.1 Å². The molecule has 1 aliphatic heterocycles. The minimum Gasteiger partial charge on any atom is -0.379 e. The average Bonchev–Trinajstić information content (AvgIpc) is 2.62. The predicted molar refractivity (Wildman–Crippen MR) is 118 cm³/mol. The Bertz CT molecular complexity index is 542. The highest BCUT2D eigenvalue weighted by Crippen LogP contribution is 2.43. The van der Waals surface area contributed by atoms with E-state index in [1.165, 1.54) is 24.8 Å². The molecule has 1 aromatic carbocycles. The first-order chi connectivity index (χ1) is 12.3. The molecule has 1 aliphatic carbocycles. The van der Waals surface area contributed by atoms with Crippen molar-refractivity contribution in [2.24, 2.45) is 16.1 Å². The first kappa shape index (κ1) is 21.4. The summed E-state index contributed by atoms with van der Waals surface area (Å²) < 4.78 is 5.37. The van der Waals surface area contributed by atoms with Crippen LogP contribution in [0.2, 0.25) is 0 Å². The van der Waals surface area contributed by atoms with Crippen LogP contribution in [0.5, 0.6) is 0 Å². The molecule has 5 nitrogen and oxygen atoms in total. The number of rotatable bonds is 8. The average molecular weight is 472 g/mol. The molecular weight excluding hydrogens is 439 g/mol. The van der Waals surface area contributed by atoms with Gasteiger partial charge in [0.25, 0.3) is 0 Å². The molecule has 0 bridgehead atoms. The molecule has 146 valence electrons. The van der Waals surface area contributed by atoms with Crippen LogP contribution < -0.4 is 11.1 Å². The van der Waals surface area contributed by atoms with Gasteiger partial charge in [-0.15, -0.1) is 24.0 Å². The Morgan fingerprint density at radius 1 is 1.19 bits per heavy atom. The summed E-state index contributed by atoms with van der Waals surface area (Å²) in [5, 5.41) is 3.28. The van der Waals surface area contributed by atoms with Crippen LogP contribution in [0, 0.1) is 5.41 Å². The highest BCUT2D eigenvalue weighted by atomic mass is 127. The van der Waals surface area contributed by atoms with E-state index < -0.39 is 0 Å².